The van der Waals surface area contributed by atoms with E-state index in [1.165, 1.54) is 19.4 Å². The van der Waals surface area contributed by atoms with Crippen LogP contribution in [0, 0.1) is 0 Å². The molecule has 1 saturated heterocycles. The zero-order chi connectivity index (χ0) is 13.0. The summed E-state index contributed by atoms with van der Waals surface area (Å²) in [5.74, 6) is 0.899. The zero-order valence-corrected chi connectivity index (χ0v) is 11.8. The molecule has 0 saturated carbocycles. The maximum atomic E-state index is 6.03. The molecule has 1 N–H and O–H groups in total. The van der Waals surface area contributed by atoms with Crippen LogP contribution in [0.25, 0.3) is 0 Å². The van der Waals surface area contributed by atoms with Crippen molar-refractivity contribution in [2.75, 3.05) is 27.2 Å². The second-order valence-corrected chi connectivity index (χ2v) is 5.37. The second kappa shape index (κ2) is 6.41. The van der Waals surface area contributed by atoms with Crippen molar-refractivity contribution < 1.29 is 4.74 Å². The molecule has 1 heterocycles. The fourth-order valence-corrected chi connectivity index (χ4v) is 2.67. The Hall–Kier alpha value is -0.770. The van der Waals surface area contributed by atoms with E-state index in [2.05, 4.69) is 17.3 Å². The third-order valence-corrected chi connectivity index (χ3v) is 3.68. The number of halogens is 1. The lowest BCUT2D eigenvalue weighted by atomic mass is 10.1. The standard InChI is InChI=1S/C14H21ClN2O/c1-17-7-3-4-13(10-17)16-9-11-8-12(15)5-6-14(11)18-2/h5-6,8,13,16H,3-4,7,9-10H2,1-2H3. The number of methoxy groups -OCH3 is 1. The van der Waals surface area contributed by atoms with E-state index in [4.69, 9.17) is 16.3 Å². The zero-order valence-electron chi connectivity index (χ0n) is 11.1. The number of benzene rings is 1. The van der Waals surface area contributed by atoms with Gasteiger partial charge in [-0.3, -0.25) is 0 Å². The Morgan fingerprint density at radius 3 is 3.06 bits per heavy atom. The largest absolute Gasteiger partial charge is 0.496 e. The maximum absolute atomic E-state index is 6.03. The van der Waals surface area contributed by atoms with Crippen LogP contribution < -0.4 is 10.1 Å². The van der Waals surface area contributed by atoms with Gasteiger partial charge in [0, 0.05) is 29.7 Å². The van der Waals surface area contributed by atoms with Crippen molar-refractivity contribution in [3.8, 4) is 5.75 Å². The summed E-state index contributed by atoms with van der Waals surface area (Å²) in [6.07, 6.45) is 2.51. The number of nitrogens with zero attached hydrogens (tertiary/aromatic N) is 1. The lowest BCUT2D eigenvalue weighted by molar-refractivity contribution is 0.226. The molecule has 1 unspecified atom stereocenters. The summed E-state index contributed by atoms with van der Waals surface area (Å²) in [6, 6.07) is 6.32. The number of rotatable bonds is 4. The normalized spacial score (nSPS) is 20.9. The number of nitrogens with one attached hydrogen (secondary N) is 1. The van der Waals surface area contributed by atoms with Gasteiger partial charge >= 0.3 is 0 Å². The van der Waals surface area contributed by atoms with Gasteiger partial charge in [-0.05, 0) is 44.6 Å². The Kier molecular flexibility index (Phi) is 4.87. The molecule has 0 amide bonds. The number of likely N-dealkylation sites (tertiary alicyclic amines) is 1. The second-order valence-electron chi connectivity index (χ2n) is 4.94. The van der Waals surface area contributed by atoms with Crippen LogP contribution in [-0.2, 0) is 6.54 Å². The van der Waals surface area contributed by atoms with E-state index in [0.29, 0.717) is 6.04 Å². The van der Waals surface area contributed by atoms with E-state index in [-0.39, 0.29) is 0 Å². The van der Waals surface area contributed by atoms with Gasteiger partial charge in [0.1, 0.15) is 5.75 Å². The SMILES string of the molecule is COc1ccc(Cl)cc1CNC1CCCN(C)C1. The van der Waals surface area contributed by atoms with Gasteiger partial charge in [0.15, 0.2) is 0 Å². The highest BCUT2D eigenvalue weighted by Crippen LogP contribution is 2.22. The summed E-state index contributed by atoms with van der Waals surface area (Å²) in [5.41, 5.74) is 1.12. The quantitative estimate of drug-likeness (QED) is 0.908. The minimum Gasteiger partial charge on any atom is -0.496 e. The van der Waals surface area contributed by atoms with Crippen molar-refractivity contribution in [2.24, 2.45) is 0 Å². The molecule has 1 aliphatic rings. The Labute approximate surface area is 114 Å². The summed E-state index contributed by atoms with van der Waals surface area (Å²) >= 11 is 6.03. The van der Waals surface area contributed by atoms with Gasteiger partial charge in [0.05, 0.1) is 7.11 Å². The average Bonchev–Trinajstić information content (AvgIpc) is 2.37. The Morgan fingerprint density at radius 1 is 1.50 bits per heavy atom. The maximum Gasteiger partial charge on any atom is 0.123 e. The highest BCUT2D eigenvalue weighted by Gasteiger charge is 2.16. The van der Waals surface area contributed by atoms with Crippen LogP contribution >= 0.6 is 11.6 Å². The fourth-order valence-electron chi connectivity index (χ4n) is 2.47. The van der Waals surface area contributed by atoms with Crippen molar-refractivity contribution in [1.29, 1.82) is 0 Å². The summed E-state index contributed by atoms with van der Waals surface area (Å²) in [6.45, 7) is 3.13. The number of likely N-dealkylation sites (N-methyl/N-ethyl adjacent to an activating group) is 1. The topological polar surface area (TPSA) is 24.5 Å². The minimum absolute atomic E-state index is 0.562. The van der Waals surface area contributed by atoms with Crippen molar-refractivity contribution in [1.82, 2.24) is 10.2 Å². The molecular formula is C14H21ClN2O. The summed E-state index contributed by atoms with van der Waals surface area (Å²) in [5, 5.41) is 4.35. The predicted octanol–water partition coefficient (Wildman–Crippen LogP) is 2.53. The summed E-state index contributed by atoms with van der Waals surface area (Å²) in [7, 11) is 3.87. The van der Waals surface area contributed by atoms with Gasteiger partial charge in [-0.2, -0.15) is 0 Å². The molecule has 0 bridgehead atoms. The van der Waals surface area contributed by atoms with Gasteiger partial charge in [-0.1, -0.05) is 11.6 Å². The molecule has 1 aromatic rings. The molecule has 4 heteroatoms. The van der Waals surface area contributed by atoms with Crippen molar-refractivity contribution in [2.45, 2.75) is 25.4 Å². The van der Waals surface area contributed by atoms with Crippen LogP contribution in [-0.4, -0.2) is 38.2 Å². The Balaban J connectivity index is 1.94. The smallest absolute Gasteiger partial charge is 0.123 e. The molecule has 0 radical (unpaired) electrons. The average molecular weight is 269 g/mol. The third kappa shape index (κ3) is 3.61. The lowest BCUT2D eigenvalue weighted by Crippen LogP contribution is -2.43. The minimum atomic E-state index is 0.562. The molecule has 1 aliphatic heterocycles. The van der Waals surface area contributed by atoms with Gasteiger partial charge in [0.25, 0.3) is 0 Å². The van der Waals surface area contributed by atoms with E-state index in [1.54, 1.807) is 7.11 Å². The van der Waals surface area contributed by atoms with Crippen LogP contribution in [0.15, 0.2) is 18.2 Å². The van der Waals surface area contributed by atoms with E-state index >= 15 is 0 Å². The number of hydrogen-bond donors (Lipinski definition) is 1. The van der Waals surface area contributed by atoms with Gasteiger partial charge < -0.3 is 15.0 Å². The summed E-state index contributed by atoms with van der Waals surface area (Å²) in [4.78, 5) is 2.37. The number of hydrogen-bond acceptors (Lipinski definition) is 3. The van der Waals surface area contributed by atoms with E-state index in [1.807, 2.05) is 18.2 Å². The molecule has 18 heavy (non-hydrogen) atoms. The molecule has 1 fully saturated rings. The van der Waals surface area contributed by atoms with E-state index in [0.717, 1.165) is 29.4 Å². The molecular weight excluding hydrogens is 248 g/mol. The van der Waals surface area contributed by atoms with Crippen LogP contribution in [0.3, 0.4) is 0 Å². The monoisotopic (exact) mass is 268 g/mol. The Morgan fingerprint density at radius 2 is 2.33 bits per heavy atom. The molecule has 0 spiro atoms. The number of ether oxygens (including phenoxy) is 1. The van der Waals surface area contributed by atoms with Crippen LogP contribution in [0.2, 0.25) is 5.02 Å². The van der Waals surface area contributed by atoms with Crippen molar-refractivity contribution in [3.63, 3.8) is 0 Å². The fraction of sp³-hybridized carbons (Fsp3) is 0.571. The van der Waals surface area contributed by atoms with Gasteiger partial charge in [0.2, 0.25) is 0 Å². The first-order chi connectivity index (χ1) is 8.69. The first-order valence-corrected chi connectivity index (χ1v) is 6.81. The van der Waals surface area contributed by atoms with Crippen molar-refractivity contribution >= 4 is 11.6 Å². The lowest BCUT2D eigenvalue weighted by Gasteiger charge is -2.30. The molecule has 100 valence electrons. The summed E-state index contributed by atoms with van der Waals surface area (Å²) < 4.78 is 5.35. The molecule has 1 atom stereocenters. The first-order valence-electron chi connectivity index (χ1n) is 6.43. The van der Waals surface area contributed by atoms with E-state index in [9.17, 15) is 0 Å². The van der Waals surface area contributed by atoms with E-state index < -0.39 is 0 Å². The van der Waals surface area contributed by atoms with Crippen LogP contribution in [0.4, 0.5) is 0 Å². The highest BCUT2D eigenvalue weighted by atomic mass is 35.5. The number of piperidine rings is 1. The van der Waals surface area contributed by atoms with Gasteiger partial charge in [-0.25, -0.2) is 0 Å². The van der Waals surface area contributed by atoms with Crippen molar-refractivity contribution in [3.05, 3.63) is 28.8 Å². The van der Waals surface area contributed by atoms with Gasteiger partial charge in [-0.15, -0.1) is 0 Å². The first kappa shape index (κ1) is 13.7. The Bertz CT molecular complexity index is 397. The highest BCUT2D eigenvalue weighted by molar-refractivity contribution is 6.30. The predicted molar refractivity (Wildman–Crippen MR) is 75.4 cm³/mol. The van der Waals surface area contributed by atoms with Crippen LogP contribution in [0.5, 0.6) is 5.75 Å². The molecule has 0 aliphatic carbocycles. The molecule has 3 nitrogen and oxygen atoms in total. The van der Waals surface area contributed by atoms with Crippen LogP contribution in [0.1, 0.15) is 18.4 Å². The molecule has 0 aromatic heterocycles. The molecule has 1 aromatic carbocycles. The molecule has 2 rings (SSSR count). The third-order valence-electron chi connectivity index (χ3n) is 3.45.